The van der Waals surface area contributed by atoms with E-state index in [2.05, 4.69) is 14.9 Å². The average Bonchev–Trinajstić information content (AvgIpc) is 3.09. The second kappa shape index (κ2) is 6.45. The Bertz CT molecular complexity index is 1040. The molecular weight excluding hydrogens is 364 g/mol. The van der Waals surface area contributed by atoms with Gasteiger partial charge in [-0.05, 0) is 19.1 Å². The summed E-state index contributed by atoms with van der Waals surface area (Å²) in [5.74, 6) is -0.567. The SMILES string of the molecule is Cc1nc(NS(=O)(=O)Cc2noc3ccccc23)sc1C(=O)N(C)C. The highest BCUT2D eigenvalue weighted by atomic mass is 32.2. The van der Waals surface area contributed by atoms with Gasteiger partial charge in [-0.1, -0.05) is 28.6 Å². The summed E-state index contributed by atoms with van der Waals surface area (Å²) >= 11 is 1.00. The number of nitrogens with zero attached hydrogens (tertiary/aromatic N) is 3. The molecule has 0 radical (unpaired) electrons. The molecule has 132 valence electrons. The lowest BCUT2D eigenvalue weighted by molar-refractivity contribution is 0.0831. The van der Waals surface area contributed by atoms with Crippen molar-refractivity contribution in [2.45, 2.75) is 12.7 Å². The Morgan fingerprint density at radius 1 is 1.32 bits per heavy atom. The Kier molecular flexibility index (Phi) is 4.48. The van der Waals surface area contributed by atoms with E-state index in [1.165, 1.54) is 4.90 Å². The number of amides is 1. The Hall–Kier alpha value is -2.46. The van der Waals surface area contributed by atoms with E-state index in [-0.39, 0.29) is 16.8 Å². The third-order valence-electron chi connectivity index (χ3n) is 3.42. The fourth-order valence-electron chi connectivity index (χ4n) is 2.23. The van der Waals surface area contributed by atoms with Crippen LogP contribution in [0.3, 0.4) is 0 Å². The molecule has 1 aromatic carbocycles. The Morgan fingerprint density at radius 3 is 2.76 bits per heavy atom. The summed E-state index contributed by atoms with van der Waals surface area (Å²) in [7, 11) is -0.496. The van der Waals surface area contributed by atoms with Crippen LogP contribution in [0, 0.1) is 6.92 Å². The molecule has 0 fully saturated rings. The first-order valence-electron chi connectivity index (χ1n) is 7.29. The number of hydrogen-bond acceptors (Lipinski definition) is 7. The van der Waals surface area contributed by atoms with Gasteiger partial charge in [-0.15, -0.1) is 0 Å². The summed E-state index contributed by atoms with van der Waals surface area (Å²) in [6.07, 6.45) is 0. The van der Waals surface area contributed by atoms with Crippen molar-refractivity contribution >= 4 is 43.4 Å². The summed E-state index contributed by atoms with van der Waals surface area (Å²) < 4.78 is 32.4. The van der Waals surface area contributed by atoms with Gasteiger partial charge in [0.05, 0.1) is 5.69 Å². The van der Waals surface area contributed by atoms with Crippen molar-refractivity contribution in [1.29, 1.82) is 0 Å². The fraction of sp³-hybridized carbons (Fsp3) is 0.267. The van der Waals surface area contributed by atoms with E-state index in [0.29, 0.717) is 27.2 Å². The maximum atomic E-state index is 12.4. The van der Waals surface area contributed by atoms with Crippen molar-refractivity contribution in [2.24, 2.45) is 0 Å². The molecule has 3 aromatic rings. The predicted molar refractivity (Wildman–Crippen MR) is 95.1 cm³/mol. The number of aromatic nitrogens is 2. The maximum absolute atomic E-state index is 12.4. The van der Waals surface area contributed by atoms with Gasteiger partial charge in [0.25, 0.3) is 5.91 Å². The molecule has 0 aliphatic heterocycles. The minimum Gasteiger partial charge on any atom is -0.356 e. The average molecular weight is 380 g/mol. The Labute approximate surface area is 148 Å². The molecule has 0 saturated heterocycles. The molecule has 0 saturated carbocycles. The number of hydrogen-bond donors (Lipinski definition) is 1. The highest BCUT2D eigenvalue weighted by Gasteiger charge is 2.22. The van der Waals surface area contributed by atoms with E-state index >= 15 is 0 Å². The zero-order valence-corrected chi connectivity index (χ0v) is 15.4. The van der Waals surface area contributed by atoms with Crippen LogP contribution in [0.1, 0.15) is 21.1 Å². The molecule has 3 rings (SSSR count). The Morgan fingerprint density at radius 2 is 2.04 bits per heavy atom. The van der Waals surface area contributed by atoms with Crippen molar-refractivity contribution in [1.82, 2.24) is 15.0 Å². The van der Waals surface area contributed by atoms with Crippen LogP contribution in [-0.4, -0.2) is 43.5 Å². The molecule has 0 atom stereocenters. The number of para-hydroxylation sites is 1. The molecule has 0 bridgehead atoms. The molecule has 0 spiro atoms. The monoisotopic (exact) mass is 380 g/mol. The first-order chi connectivity index (χ1) is 11.8. The normalized spacial score (nSPS) is 11.6. The number of sulfonamides is 1. The quantitative estimate of drug-likeness (QED) is 0.728. The van der Waals surface area contributed by atoms with Crippen molar-refractivity contribution in [3.05, 3.63) is 40.5 Å². The van der Waals surface area contributed by atoms with Gasteiger partial charge in [-0.25, -0.2) is 13.4 Å². The second-order valence-electron chi connectivity index (χ2n) is 5.62. The largest absolute Gasteiger partial charge is 0.356 e. The van der Waals surface area contributed by atoms with Crippen molar-refractivity contribution in [3.63, 3.8) is 0 Å². The second-order valence-corrected chi connectivity index (χ2v) is 8.34. The smallest absolute Gasteiger partial charge is 0.265 e. The van der Waals surface area contributed by atoms with Crippen LogP contribution in [0.5, 0.6) is 0 Å². The highest BCUT2D eigenvalue weighted by Crippen LogP contribution is 2.26. The Balaban J connectivity index is 1.82. The number of aryl methyl sites for hydroxylation is 1. The number of nitrogens with one attached hydrogen (secondary N) is 1. The zero-order valence-electron chi connectivity index (χ0n) is 13.8. The molecular formula is C15H16N4O4S2. The number of rotatable bonds is 5. The summed E-state index contributed by atoms with van der Waals surface area (Å²) in [6.45, 7) is 1.66. The number of benzene rings is 1. The highest BCUT2D eigenvalue weighted by molar-refractivity contribution is 7.92. The zero-order chi connectivity index (χ0) is 18.2. The van der Waals surface area contributed by atoms with E-state index in [1.54, 1.807) is 45.3 Å². The van der Waals surface area contributed by atoms with E-state index in [0.717, 1.165) is 11.3 Å². The third-order valence-corrected chi connectivity index (χ3v) is 5.77. The number of carbonyl (C=O) groups is 1. The van der Waals surface area contributed by atoms with Crippen LogP contribution in [0.15, 0.2) is 28.8 Å². The first-order valence-corrected chi connectivity index (χ1v) is 9.76. The minimum atomic E-state index is -3.75. The van der Waals surface area contributed by atoms with Gasteiger partial charge in [0, 0.05) is 19.5 Å². The third kappa shape index (κ3) is 3.64. The van der Waals surface area contributed by atoms with Crippen LogP contribution in [0.2, 0.25) is 0 Å². The molecule has 10 heteroatoms. The lowest BCUT2D eigenvalue weighted by Gasteiger charge is -2.07. The fourth-order valence-corrected chi connectivity index (χ4v) is 4.57. The molecule has 1 N–H and O–H groups in total. The van der Waals surface area contributed by atoms with Gasteiger partial charge in [0.1, 0.15) is 16.3 Å². The lowest BCUT2D eigenvalue weighted by atomic mass is 10.2. The van der Waals surface area contributed by atoms with Crippen LogP contribution in [0.25, 0.3) is 11.0 Å². The predicted octanol–water partition coefficient (Wildman–Crippen LogP) is 2.24. The van der Waals surface area contributed by atoms with E-state index in [9.17, 15) is 13.2 Å². The van der Waals surface area contributed by atoms with Gasteiger partial charge in [0.2, 0.25) is 10.0 Å². The van der Waals surface area contributed by atoms with Gasteiger partial charge in [0.15, 0.2) is 10.7 Å². The number of fused-ring (bicyclic) bond motifs is 1. The molecule has 2 aromatic heterocycles. The van der Waals surface area contributed by atoms with Crippen LogP contribution < -0.4 is 4.72 Å². The van der Waals surface area contributed by atoms with Crippen LogP contribution in [-0.2, 0) is 15.8 Å². The van der Waals surface area contributed by atoms with Crippen LogP contribution >= 0.6 is 11.3 Å². The minimum absolute atomic E-state index is 0.149. The van der Waals surface area contributed by atoms with Crippen molar-refractivity contribution in [3.8, 4) is 0 Å². The first kappa shape index (κ1) is 17.4. The van der Waals surface area contributed by atoms with E-state index in [4.69, 9.17) is 4.52 Å². The van der Waals surface area contributed by atoms with E-state index < -0.39 is 10.0 Å². The molecule has 0 aliphatic carbocycles. The molecule has 0 unspecified atom stereocenters. The molecule has 2 heterocycles. The standard InChI is InChI=1S/C15H16N4O4S2/c1-9-13(14(20)19(2)3)24-15(16-9)18-25(21,22)8-11-10-6-4-5-7-12(10)23-17-11/h4-7H,8H2,1-3H3,(H,16,18). The maximum Gasteiger partial charge on any atom is 0.265 e. The summed E-state index contributed by atoms with van der Waals surface area (Å²) in [6, 6.07) is 7.03. The lowest BCUT2D eigenvalue weighted by Crippen LogP contribution is -2.21. The molecule has 25 heavy (non-hydrogen) atoms. The van der Waals surface area contributed by atoms with Crippen LogP contribution in [0.4, 0.5) is 5.13 Å². The van der Waals surface area contributed by atoms with Gasteiger partial charge in [-0.3, -0.25) is 9.52 Å². The molecule has 0 aliphatic rings. The summed E-state index contributed by atoms with van der Waals surface area (Å²) in [5, 5.41) is 4.62. The number of anilines is 1. The van der Waals surface area contributed by atoms with Crippen molar-refractivity contribution in [2.75, 3.05) is 18.8 Å². The molecule has 8 nitrogen and oxygen atoms in total. The molecule has 1 amide bonds. The summed E-state index contributed by atoms with van der Waals surface area (Å²) in [4.78, 5) is 18.0. The summed E-state index contributed by atoms with van der Waals surface area (Å²) in [5.41, 5.74) is 1.32. The van der Waals surface area contributed by atoms with E-state index in [1.807, 2.05) is 0 Å². The van der Waals surface area contributed by atoms with Gasteiger partial charge < -0.3 is 9.42 Å². The van der Waals surface area contributed by atoms with Crippen molar-refractivity contribution < 1.29 is 17.7 Å². The van der Waals surface area contributed by atoms with Gasteiger partial charge in [-0.2, -0.15) is 0 Å². The number of thiazole rings is 1. The number of carbonyl (C=O) groups excluding carboxylic acids is 1. The topological polar surface area (TPSA) is 105 Å². The van der Waals surface area contributed by atoms with Gasteiger partial charge >= 0.3 is 0 Å².